The molecule has 2 aliphatic heterocycles. The van der Waals surface area contributed by atoms with Crippen LogP contribution < -0.4 is 4.74 Å². The number of nitrogens with zero attached hydrogens (tertiary/aromatic N) is 2. The molecule has 0 spiro atoms. The molecule has 2 fully saturated rings. The predicted molar refractivity (Wildman–Crippen MR) is 130 cm³/mol. The molecule has 0 unspecified atom stereocenters. The molecule has 7 nitrogen and oxygen atoms in total. The maximum atomic E-state index is 13.1. The van der Waals surface area contributed by atoms with Gasteiger partial charge in [0, 0.05) is 36.8 Å². The van der Waals surface area contributed by atoms with Crippen molar-refractivity contribution in [2.75, 3.05) is 46.0 Å². The average molecular weight is 485 g/mol. The SMILES string of the molecule is CCCOc1ccc([C@H]2C(=C(O)c3ccc(Cl)cc3)C(=O)C(=O)N2CCN2CCOCC2)cc1. The van der Waals surface area contributed by atoms with Gasteiger partial charge in [-0.25, -0.2) is 0 Å². The van der Waals surface area contributed by atoms with E-state index in [0.29, 0.717) is 49.2 Å². The zero-order chi connectivity index (χ0) is 24.1. The number of aliphatic hydroxyl groups excluding tert-OH is 1. The molecule has 0 aliphatic carbocycles. The fourth-order valence-corrected chi connectivity index (χ4v) is 4.39. The summed E-state index contributed by atoms with van der Waals surface area (Å²) in [6.07, 6.45) is 0.893. The molecule has 2 heterocycles. The summed E-state index contributed by atoms with van der Waals surface area (Å²) in [5.41, 5.74) is 1.25. The molecule has 2 aromatic carbocycles. The van der Waals surface area contributed by atoms with Crippen molar-refractivity contribution in [1.82, 2.24) is 9.80 Å². The van der Waals surface area contributed by atoms with Crippen molar-refractivity contribution in [3.63, 3.8) is 0 Å². The van der Waals surface area contributed by atoms with E-state index >= 15 is 0 Å². The van der Waals surface area contributed by atoms with Gasteiger partial charge in [0.25, 0.3) is 11.7 Å². The summed E-state index contributed by atoms with van der Waals surface area (Å²) in [4.78, 5) is 30.0. The molecule has 34 heavy (non-hydrogen) atoms. The van der Waals surface area contributed by atoms with E-state index in [0.717, 1.165) is 25.1 Å². The molecule has 0 radical (unpaired) electrons. The topological polar surface area (TPSA) is 79.3 Å². The van der Waals surface area contributed by atoms with Crippen LogP contribution >= 0.6 is 11.6 Å². The molecular formula is C26H29ClN2O5. The van der Waals surface area contributed by atoms with Gasteiger partial charge in [-0.05, 0) is 48.4 Å². The summed E-state index contributed by atoms with van der Waals surface area (Å²) >= 11 is 5.99. The predicted octanol–water partition coefficient (Wildman–Crippen LogP) is 3.88. The second-order valence-corrected chi connectivity index (χ2v) is 8.81. The molecular weight excluding hydrogens is 456 g/mol. The highest BCUT2D eigenvalue weighted by Gasteiger charge is 2.46. The summed E-state index contributed by atoms with van der Waals surface area (Å²) in [5, 5.41) is 11.6. The first-order valence-corrected chi connectivity index (χ1v) is 11.9. The van der Waals surface area contributed by atoms with Gasteiger partial charge in [-0.1, -0.05) is 30.7 Å². The Balaban J connectivity index is 1.69. The number of rotatable bonds is 8. The maximum Gasteiger partial charge on any atom is 0.295 e. The number of amides is 1. The fraction of sp³-hybridized carbons (Fsp3) is 0.385. The average Bonchev–Trinajstić information content (AvgIpc) is 3.12. The molecule has 2 aromatic rings. The number of morpholine rings is 1. The number of likely N-dealkylation sites (tertiary alicyclic amines) is 1. The van der Waals surface area contributed by atoms with E-state index in [1.54, 1.807) is 29.2 Å². The first-order chi connectivity index (χ1) is 16.5. The van der Waals surface area contributed by atoms with E-state index in [9.17, 15) is 14.7 Å². The minimum absolute atomic E-state index is 0.0801. The normalized spacial score (nSPS) is 20.6. The summed E-state index contributed by atoms with van der Waals surface area (Å²) in [6.45, 7) is 6.48. The number of hydrogen-bond donors (Lipinski definition) is 1. The number of ketones is 1. The van der Waals surface area contributed by atoms with Crippen molar-refractivity contribution in [3.8, 4) is 5.75 Å². The number of hydrogen-bond acceptors (Lipinski definition) is 6. The van der Waals surface area contributed by atoms with Gasteiger partial charge < -0.3 is 19.5 Å². The van der Waals surface area contributed by atoms with Gasteiger partial charge in [0.05, 0.1) is 31.4 Å². The first kappa shape index (κ1) is 24.3. The zero-order valence-electron chi connectivity index (χ0n) is 19.2. The van der Waals surface area contributed by atoms with E-state index in [1.807, 2.05) is 31.2 Å². The van der Waals surface area contributed by atoms with Crippen LogP contribution in [-0.4, -0.2) is 72.6 Å². The number of benzene rings is 2. The maximum absolute atomic E-state index is 13.1. The smallest absolute Gasteiger partial charge is 0.295 e. The Morgan fingerprint density at radius 1 is 1.06 bits per heavy atom. The Kier molecular flexibility index (Phi) is 7.88. The van der Waals surface area contributed by atoms with Gasteiger partial charge in [0.1, 0.15) is 11.5 Å². The van der Waals surface area contributed by atoms with E-state index in [2.05, 4.69) is 4.90 Å². The van der Waals surface area contributed by atoms with Crippen LogP contribution in [0, 0.1) is 0 Å². The quantitative estimate of drug-likeness (QED) is 0.348. The first-order valence-electron chi connectivity index (χ1n) is 11.6. The number of carbonyl (C=O) groups excluding carboxylic acids is 2. The Hall–Kier alpha value is -2.87. The largest absolute Gasteiger partial charge is 0.507 e. The van der Waals surface area contributed by atoms with E-state index < -0.39 is 17.7 Å². The number of Topliss-reactive ketones (excluding diaryl/α,β-unsaturated/α-hetero) is 1. The van der Waals surface area contributed by atoms with Crippen LogP contribution in [0.2, 0.25) is 5.02 Å². The molecule has 2 saturated heterocycles. The van der Waals surface area contributed by atoms with Crippen LogP contribution in [0.15, 0.2) is 54.1 Å². The van der Waals surface area contributed by atoms with Crippen molar-refractivity contribution in [2.45, 2.75) is 19.4 Å². The minimum atomic E-state index is -0.697. The number of carbonyl (C=O) groups is 2. The third-order valence-electron chi connectivity index (χ3n) is 6.09. The highest BCUT2D eigenvalue weighted by molar-refractivity contribution is 6.46. The van der Waals surface area contributed by atoms with E-state index in [4.69, 9.17) is 21.1 Å². The van der Waals surface area contributed by atoms with E-state index in [1.165, 1.54) is 0 Å². The zero-order valence-corrected chi connectivity index (χ0v) is 20.0. The summed E-state index contributed by atoms with van der Waals surface area (Å²) < 4.78 is 11.1. The highest BCUT2D eigenvalue weighted by atomic mass is 35.5. The number of aliphatic hydroxyl groups is 1. The molecule has 0 bridgehead atoms. The molecule has 8 heteroatoms. The van der Waals surface area contributed by atoms with Crippen molar-refractivity contribution in [2.24, 2.45) is 0 Å². The van der Waals surface area contributed by atoms with Gasteiger partial charge in [-0.15, -0.1) is 0 Å². The highest BCUT2D eigenvalue weighted by Crippen LogP contribution is 2.39. The lowest BCUT2D eigenvalue weighted by Gasteiger charge is -2.31. The van der Waals surface area contributed by atoms with Crippen LogP contribution in [0.1, 0.15) is 30.5 Å². The van der Waals surface area contributed by atoms with Crippen LogP contribution in [-0.2, 0) is 14.3 Å². The molecule has 2 aliphatic rings. The lowest BCUT2D eigenvalue weighted by molar-refractivity contribution is -0.140. The molecule has 180 valence electrons. The molecule has 0 aromatic heterocycles. The van der Waals surface area contributed by atoms with Crippen molar-refractivity contribution in [3.05, 3.63) is 70.3 Å². The molecule has 1 atom stereocenters. The summed E-state index contributed by atoms with van der Waals surface area (Å²) in [5.74, 6) is -0.792. The Labute approximate surface area is 204 Å². The third kappa shape index (κ3) is 5.27. The standard InChI is InChI=1S/C26H29ClN2O5/c1-2-15-34-21-9-5-18(6-10-21)23-22(24(30)19-3-7-20(27)8-4-19)25(31)26(32)29(23)12-11-28-13-16-33-17-14-28/h3-10,23,30H,2,11-17H2,1H3/t23-/m0/s1. The second-order valence-electron chi connectivity index (χ2n) is 8.37. The van der Waals surface area contributed by atoms with Crippen LogP contribution in [0.25, 0.3) is 5.76 Å². The lowest BCUT2D eigenvalue weighted by atomic mass is 9.95. The fourth-order valence-electron chi connectivity index (χ4n) is 4.26. The lowest BCUT2D eigenvalue weighted by Crippen LogP contribution is -2.42. The third-order valence-corrected chi connectivity index (χ3v) is 6.34. The van der Waals surface area contributed by atoms with Gasteiger partial charge in [0.15, 0.2) is 0 Å². The molecule has 0 saturated carbocycles. The van der Waals surface area contributed by atoms with E-state index in [-0.39, 0.29) is 11.3 Å². The van der Waals surface area contributed by atoms with Gasteiger partial charge >= 0.3 is 0 Å². The van der Waals surface area contributed by atoms with Crippen molar-refractivity contribution >= 4 is 29.1 Å². The Morgan fingerprint density at radius 2 is 1.74 bits per heavy atom. The second kappa shape index (κ2) is 11.0. The van der Waals surface area contributed by atoms with Crippen LogP contribution in [0.4, 0.5) is 0 Å². The van der Waals surface area contributed by atoms with Crippen molar-refractivity contribution in [1.29, 1.82) is 0 Å². The van der Waals surface area contributed by atoms with Crippen LogP contribution in [0.5, 0.6) is 5.75 Å². The monoisotopic (exact) mass is 484 g/mol. The molecule has 1 N–H and O–H groups in total. The van der Waals surface area contributed by atoms with Gasteiger partial charge in [0.2, 0.25) is 0 Å². The Bertz CT molecular complexity index is 1050. The number of ether oxygens (including phenoxy) is 2. The van der Waals surface area contributed by atoms with Crippen LogP contribution in [0.3, 0.4) is 0 Å². The van der Waals surface area contributed by atoms with Gasteiger partial charge in [-0.3, -0.25) is 14.5 Å². The van der Waals surface area contributed by atoms with Gasteiger partial charge in [-0.2, -0.15) is 0 Å². The molecule has 4 rings (SSSR count). The molecule has 1 amide bonds. The Morgan fingerprint density at radius 3 is 2.38 bits per heavy atom. The number of halogens is 1. The minimum Gasteiger partial charge on any atom is -0.507 e. The van der Waals surface area contributed by atoms with Crippen molar-refractivity contribution < 1.29 is 24.2 Å². The summed E-state index contributed by atoms with van der Waals surface area (Å²) in [7, 11) is 0. The summed E-state index contributed by atoms with van der Waals surface area (Å²) in [6, 6.07) is 13.2.